The summed E-state index contributed by atoms with van der Waals surface area (Å²) in [6, 6.07) is 8.14. The van der Waals surface area contributed by atoms with Crippen LogP contribution in [0.15, 0.2) is 24.3 Å². The zero-order valence-corrected chi connectivity index (χ0v) is 9.24. The van der Waals surface area contributed by atoms with Gasteiger partial charge in [0, 0.05) is 12.6 Å². The van der Waals surface area contributed by atoms with Gasteiger partial charge in [-0.25, -0.2) is 0 Å². The third-order valence-electron chi connectivity index (χ3n) is 3.11. The van der Waals surface area contributed by atoms with E-state index in [1.54, 1.807) is 6.07 Å². The monoisotopic (exact) mass is 205 g/mol. The quantitative estimate of drug-likeness (QED) is 0.774. The number of phenolic OH excluding ortho intramolecular Hbond substituents is 1. The second kappa shape index (κ2) is 4.67. The van der Waals surface area contributed by atoms with Gasteiger partial charge >= 0.3 is 0 Å². The second-order valence-corrected chi connectivity index (χ2v) is 4.40. The molecule has 2 heteroatoms. The molecule has 2 nitrogen and oxygen atoms in total. The molecule has 1 fully saturated rings. The Morgan fingerprint density at radius 1 is 1.47 bits per heavy atom. The molecule has 1 unspecified atom stereocenters. The predicted octanol–water partition coefficient (Wildman–Crippen LogP) is 2.67. The van der Waals surface area contributed by atoms with Crippen molar-refractivity contribution in [1.82, 2.24) is 5.32 Å². The maximum Gasteiger partial charge on any atom is 0.115 e. The normalized spacial score (nSPS) is 17.7. The van der Waals surface area contributed by atoms with Crippen LogP contribution < -0.4 is 5.32 Å². The number of phenols is 1. The zero-order chi connectivity index (χ0) is 10.7. The Labute approximate surface area is 91.3 Å². The van der Waals surface area contributed by atoms with Gasteiger partial charge in [0.1, 0.15) is 5.75 Å². The summed E-state index contributed by atoms with van der Waals surface area (Å²) in [6.07, 6.45) is 3.96. The summed E-state index contributed by atoms with van der Waals surface area (Å²) in [6.45, 7) is 3.10. The van der Waals surface area contributed by atoms with Crippen LogP contribution in [0, 0.1) is 5.92 Å². The number of hydrogen-bond acceptors (Lipinski definition) is 2. The Balaban J connectivity index is 1.86. The highest BCUT2D eigenvalue weighted by Crippen LogP contribution is 2.34. The Hall–Kier alpha value is -1.02. The lowest BCUT2D eigenvalue weighted by molar-refractivity contribution is 0.446. The molecular weight excluding hydrogens is 186 g/mol. The number of hydrogen-bond donors (Lipinski definition) is 2. The molecule has 0 radical (unpaired) electrons. The van der Waals surface area contributed by atoms with Gasteiger partial charge in [0.25, 0.3) is 0 Å². The van der Waals surface area contributed by atoms with Gasteiger partial charge in [-0.15, -0.1) is 0 Å². The Bertz CT molecular complexity index is 320. The number of benzene rings is 1. The van der Waals surface area contributed by atoms with Crippen molar-refractivity contribution >= 4 is 0 Å². The van der Waals surface area contributed by atoms with E-state index in [1.807, 2.05) is 18.2 Å². The number of rotatable bonds is 5. The summed E-state index contributed by atoms with van der Waals surface area (Å²) in [5.74, 6) is 1.25. The minimum atomic E-state index is 0.355. The Morgan fingerprint density at radius 3 is 2.87 bits per heavy atom. The molecule has 0 aliphatic heterocycles. The van der Waals surface area contributed by atoms with E-state index >= 15 is 0 Å². The van der Waals surface area contributed by atoms with Gasteiger partial charge in [-0.1, -0.05) is 19.1 Å². The van der Waals surface area contributed by atoms with Crippen molar-refractivity contribution in [3.63, 3.8) is 0 Å². The van der Waals surface area contributed by atoms with Gasteiger partial charge < -0.3 is 10.4 Å². The first-order valence-electron chi connectivity index (χ1n) is 5.81. The molecule has 0 saturated heterocycles. The van der Waals surface area contributed by atoms with Crippen LogP contribution in [0.5, 0.6) is 5.75 Å². The third kappa shape index (κ3) is 2.96. The van der Waals surface area contributed by atoms with Crippen LogP contribution in [0.2, 0.25) is 0 Å². The summed E-state index contributed by atoms with van der Waals surface area (Å²) in [4.78, 5) is 0. The van der Waals surface area contributed by atoms with E-state index in [0.29, 0.717) is 11.8 Å². The topological polar surface area (TPSA) is 32.3 Å². The number of nitrogens with one attached hydrogen (secondary N) is 1. The molecule has 1 atom stereocenters. The van der Waals surface area contributed by atoms with Gasteiger partial charge in [0.05, 0.1) is 0 Å². The fourth-order valence-corrected chi connectivity index (χ4v) is 2.06. The van der Waals surface area contributed by atoms with E-state index in [-0.39, 0.29) is 0 Å². The Kier molecular flexibility index (Phi) is 3.27. The first-order valence-corrected chi connectivity index (χ1v) is 5.81. The molecule has 2 N–H and O–H groups in total. The van der Waals surface area contributed by atoms with Crippen LogP contribution in [0.4, 0.5) is 0 Å². The summed E-state index contributed by atoms with van der Waals surface area (Å²) >= 11 is 0. The molecule has 0 spiro atoms. The van der Waals surface area contributed by atoms with Crippen molar-refractivity contribution in [2.24, 2.45) is 5.92 Å². The molecule has 0 amide bonds. The minimum Gasteiger partial charge on any atom is -0.508 e. The summed E-state index contributed by atoms with van der Waals surface area (Å²) in [5, 5.41) is 12.9. The van der Waals surface area contributed by atoms with Crippen LogP contribution in [-0.4, -0.2) is 11.1 Å². The van der Waals surface area contributed by atoms with E-state index in [2.05, 4.69) is 12.2 Å². The van der Waals surface area contributed by atoms with E-state index in [9.17, 15) is 5.11 Å². The van der Waals surface area contributed by atoms with Gasteiger partial charge in [-0.05, 0) is 42.9 Å². The van der Waals surface area contributed by atoms with Crippen molar-refractivity contribution in [1.29, 1.82) is 0 Å². The molecule has 0 heterocycles. The van der Waals surface area contributed by atoms with Gasteiger partial charge in [-0.2, -0.15) is 0 Å². The summed E-state index contributed by atoms with van der Waals surface area (Å²) in [5.41, 5.74) is 1.16. The maximum atomic E-state index is 9.33. The smallest absolute Gasteiger partial charge is 0.115 e. The van der Waals surface area contributed by atoms with Gasteiger partial charge in [0.15, 0.2) is 0 Å². The lowest BCUT2D eigenvalue weighted by atomic mass is 10.1. The minimum absolute atomic E-state index is 0.355. The van der Waals surface area contributed by atoms with Crippen LogP contribution in [0.3, 0.4) is 0 Å². The molecule has 0 aromatic heterocycles. The molecule has 15 heavy (non-hydrogen) atoms. The highest BCUT2D eigenvalue weighted by atomic mass is 16.3. The van der Waals surface area contributed by atoms with Crippen LogP contribution in [-0.2, 0) is 6.54 Å². The molecule has 1 aromatic carbocycles. The highest BCUT2D eigenvalue weighted by molar-refractivity contribution is 5.26. The fourth-order valence-electron chi connectivity index (χ4n) is 2.06. The summed E-state index contributed by atoms with van der Waals surface area (Å²) < 4.78 is 0. The molecule has 1 aliphatic carbocycles. The summed E-state index contributed by atoms with van der Waals surface area (Å²) in [7, 11) is 0. The van der Waals surface area contributed by atoms with Crippen molar-refractivity contribution in [3.8, 4) is 5.75 Å². The molecule has 82 valence electrons. The van der Waals surface area contributed by atoms with Gasteiger partial charge in [-0.3, -0.25) is 0 Å². The number of aromatic hydroxyl groups is 1. The van der Waals surface area contributed by atoms with Crippen molar-refractivity contribution in [2.45, 2.75) is 38.8 Å². The fraction of sp³-hybridized carbons (Fsp3) is 0.538. The van der Waals surface area contributed by atoms with E-state index in [4.69, 9.17) is 0 Å². The van der Waals surface area contributed by atoms with Crippen molar-refractivity contribution < 1.29 is 5.11 Å². The molecule has 0 bridgehead atoms. The largest absolute Gasteiger partial charge is 0.508 e. The molecule has 1 saturated carbocycles. The predicted molar refractivity (Wildman–Crippen MR) is 61.7 cm³/mol. The zero-order valence-electron chi connectivity index (χ0n) is 9.24. The molecule has 1 aromatic rings. The van der Waals surface area contributed by atoms with Crippen molar-refractivity contribution in [3.05, 3.63) is 29.8 Å². The third-order valence-corrected chi connectivity index (χ3v) is 3.11. The van der Waals surface area contributed by atoms with Crippen LogP contribution in [0.1, 0.15) is 31.7 Å². The van der Waals surface area contributed by atoms with Crippen molar-refractivity contribution in [2.75, 3.05) is 0 Å². The standard InChI is InChI=1S/C13H19NO/c1-2-13(11-6-7-11)14-9-10-4-3-5-12(15)8-10/h3-5,8,11,13-15H,2,6-7,9H2,1H3. The van der Waals surface area contributed by atoms with E-state index in [1.165, 1.54) is 19.3 Å². The molecule has 2 rings (SSSR count). The average molecular weight is 205 g/mol. The average Bonchev–Trinajstić information content (AvgIpc) is 3.03. The molecular formula is C13H19NO. The van der Waals surface area contributed by atoms with E-state index in [0.717, 1.165) is 18.0 Å². The first-order chi connectivity index (χ1) is 7.29. The Morgan fingerprint density at radius 2 is 2.27 bits per heavy atom. The van der Waals surface area contributed by atoms with Gasteiger partial charge in [0.2, 0.25) is 0 Å². The highest BCUT2D eigenvalue weighted by Gasteiger charge is 2.29. The van der Waals surface area contributed by atoms with E-state index < -0.39 is 0 Å². The second-order valence-electron chi connectivity index (χ2n) is 4.40. The SMILES string of the molecule is CCC(NCc1cccc(O)c1)C1CC1. The first kappa shape index (κ1) is 10.5. The maximum absolute atomic E-state index is 9.33. The van der Waals surface area contributed by atoms with Crippen LogP contribution in [0.25, 0.3) is 0 Å². The lowest BCUT2D eigenvalue weighted by Crippen LogP contribution is -2.29. The van der Waals surface area contributed by atoms with Crippen LogP contribution >= 0.6 is 0 Å². The lowest BCUT2D eigenvalue weighted by Gasteiger charge is -2.16. The molecule has 1 aliphatic rings.